The predicted octanol–water partition coefficient (Wildman–Crippen LogP) is 4.58. The molecule has 0 fully saturated rings. The number of hydrogen-bond acceptors (Lipinski definition) is 5. The summed E-state index contributed by atoms with van der Waals surface area (Å²) in [6, 6.07) is 8.88. The molecule has 0 radical (unpaired) electrons. The molecule has 2 aromatic rings. The van der Waals surface area contributed by atoms with Gasteiger partial charge in [0.15, 0.2) is 24.3 Å². The lowest BCUT2D eigenvalue weighted by atomic mass is 10.1. The summed E-state index contributed by atoms with van der Waals surface area (Å²) in [4.78, 5) is 4.31. The van der Waals surface area contributed by atoms with Crippen molar-refractivity contribution < 1.29 is 23.3 Å². The maximum absolute atomic E-state index is 13.9. The van der Waals surface area contributed by atoms with Crippen molar-refractivity contribution in [3.8, 4) is 17.2 Å². The van der Waals surface area contributed by atoms with Gasteiger partial charge in [-0.3, -0.25) is 4.99 Å². The Balaban J connectivity index is 0.00000385. The zero-order valence-corrected chi connectivity index (χ0v) is 21.9. The van der Waals surface area contributed by atoms with E-state index < -0.39 is 0 Å². The molecule has 1 unspecified atom stereocenters. The zero-order chi connectivity index (χ0) is 22.9. The average Bonchev–Trinajstić information content (AvgIpc) is 2.79. The molecule has 1 atom stereocenters. The van der Waals surface area contributed by atoms with Gasteiger partial charge in [-0.25, -0.2) is 4.39 Å². The second-order valence-corrected chi connectivity index (χ2v) is 7.35. The summed E-state index contributed by atoms with van der Waals surface area (Å²) in [6.07, 6.45) is 0.590. The zero-order valence-electron chi connectivity index (χ0n) is 19.6. The highest BCUT2D eigenvalue weighted by atomic mass is 127. The average molecular weight is 573 g/mol. The number of fused-ring (bicyclic) bond motifs is 1. The fourth-order valence-electron chi connectivity index (χ4n) is 3.58. The third kappa shape index (κ3) is 7.36. The van der Waals surface area contributed by atoms with Crippen LogP contribution in [0.3, 0.4) is 0 Å². The van der Waals surface area contributed by atoms with Crippen molar-refractivity contribution >= 4 is 29.9 Å². The Bertz CT molecular complexity index is 942. The predicted molar refractivity (Wildman–Crippen MR) is 137 cm³/mol. The summed E-state index contributed by atoms with van der Waals surface area (Å²) in [5.74, 6) is 2.54. The molecule has 2 N–H and O–H groups in total. The van der Waals surface area contributed by atoms with Gasteiger partial charge >= 0.3 is 0 Å². The molecule has 1 aliphatic heterocycles. The Morgan fingerprint density at radius 2 is 1.91 bits per heavy atom. The molecule has 0 saturated carbocycles. The van der Waals surface area contributed by atoms with Gasteiger partial charge in [-0.05, 0) is 62.6 Å². The van der Waals surface area contributed by atoms with Crippen LogP contribution < -0.4 is 24.8 Å². The minimum Gasteiger partial charge on any atom is -0.490 e. The maximum atomic E-state index is 13.9. The van der Waals surface area contributed by atoms with Crippen molar-refractivity contribution in [1.82, 2.24) is 10.6 Å². The normalized spacial score (nSPS) is 13.8. The lowest BCUT2D eigenvalue weighted by molar-refractivity contribution is -0.0172. The van der Waals surface area contributed by atoms with Crippen molar-refractivity contribution in [1.29, 1.82) is 0 Å². The Morgan fingerprint density at radius 1 is 1.15 bits per heavy atom. The SMILES string of the molecule is CCOc1ccc(C(C)NC(=NC)NCCc2cc(F)cc3c2OCOC3)cc1OCC.I. The van der Waals surface area contributed by atoms with E-state index in [0.29, 0.717) is 44.5 Å². The first-order valence-electron chi connectivity index (χ1n) is 10.9. The number of nitrogens with zero attached hydrogens (tertiary/aromatic N) is 1. The number of hydrogen-bond donors (Lipinski definition) is 2. The van der Waals surface area contributed by atoms with Crippen molar-refractivity contribution in [3.63, 3.8) is 0 Å². The van der Waals surface area contributed by atoms with Crippen LogP contribution in [0.5, 0.6) is 17.2 Å². The molecule has 9 heteroatoms. The maximum Gasteiger partial charge on any atom is 0.191 e. The highest BCUT2D eigenvalue weighted by Gasteiger charge is 2.17. The monoisotopic (exact) mass is 573 g/mol. The lowest BCUT2D eigenvalue weighted by Crippen LogP contribution is -2.39. The van der Waals surface area contributed by atoms with Crippen LogP contribution in [0, 0.1) is 5.82 Å². The van der Waals surface area contributed by atoms with E-state index in [1.807, 2.05) is 32.0 Å². The molecule has 0 aromatic heterocycles. The molecule has 3 rings (SSSR count). The molecule has 0 aliphatic carbocycles. The Labute approximate surface area is 212 Å². The highest BCUT2D eigenvalue weighted by Crippen LogP contribution is 2.31. The van der Waals surface area contributed by atoms with Crippen LogP contribution >= 0.6 is 24.0 Å². The van der Waals surface area contributed by atoms with E-state index in [1.165, 1.54) is 12.1 Å². The number of aliphatic imine (C=N–C) groups is 1. The standard InChI is InChI=1S/C24H32FN3O4.HI/c1-5-30-21-8-7-17(13-22(21)31-6-2)16(3)28-24(26-4)27-10-9-18-11-20(25)12-19-14-29-15-32-23(18)19;/h7-8,11-13,16H,5-6,9-10,14-15H2,1-4H3,(H2,26,27,28);1H. The van der Waals surface area contributed by atoms with E-state index in [9.17, 15) is 4.39 Å². The first-order valence-corrected chi connectivity index (χ1v) is 10.9. The van der Waals surface area contributed by atoms with Gasteiger partial charge < -0.3 is 29.6 Å². The van der Waals surface area contributed by atoms with E-state index in [-0.39, 0.29) is 42.6 Å². The van der Waals surface area contributed by atoms with Gasteiger partial charge in [0, 0.05) is 19.2 Å². The van der Waals surface area contributed by atoms with Crippen LogP contribution in [-0.4, -0.2) is 39.6 Å². The third-order valence-corrected chi connectivity index (χ3v) is 5.08. The number of nitrogens with one attached hydrogen (secondary N) is 2. The van der Waals surface area contributed by atoms with Gasteiger partial charge in [0.1, 0.15) is 11.6 Å². The smallest absolute Gasteiger partial charge is 0.191 e. The Morgan fingerprint density at radius 3 is 2.64 bits per heavy atom. The van der Waals surface area contributed by atoms with Gasteiger partial charge in [-0.2, -0.15) is 0 Å². The van der Waals surface area contributed by atoms with Gasteiger partial charge in [-0.15, -0.1) is 24.0 Å². The molecule has 182 valence electrons. The minimum absolute atomic E-state index is 0. The summed E-state index contributed by atoms with van der Waals surface area (Å²) in [5.41, 5.74) is 2.60. The lowest BCUT2D eigenvalue weighted by Gasteiger charge is -2.22. The van der Waals surface area contributed by atoms with Crippen molar-refractivity contribution in [2.75, 3.05) is 33.6 Å². The van der Waals surface area contributed by atoms with Gasteiger partial charge in [-0.1, -0.05) is 6.07 Å². The van der Waals surface area contributed by atoms with Crippen molar-refractivity contribution in [2.45, 2.75) is 39.8 Å². The van der Waals surface area contributed by atoms with E-state index in [0.717, 1.165) is 28.2 Å². The van der Waals surface area contributed by atoms with Gasteiger partial charge in [0.25, 0.3) is 0 Å². The van der Waals surface area contributed by atoms with E-state index in [2.05, 4.69) is 22.5 Å². The van der Waals surface area contributed by atoms with Crippen molar-refractivity contribution in [2.24, 2.45) is 4.99 Å². The molecule has 33 heavy (non-hydrogen) atoms. The molecule has 0 bridgehead atoms. The Kier molecular flexibility index (Phi) is 11.0. The summed E-state index contributed by atoms with van der Waals surface area (Å²) in [7, 11) is 1.72. The molecule has 7 nitrogen and oxygen atoms in total. The molecule has 1 heterocycles. The molecular weight excluding hydrogens is 540 g/mol. The second-order valence-electron chi connectivity index (χ2n) is 7.35. The van der Waals surface area contributed by atoms with Crippen LogP contribution in [0.1, 0.15) is 43.5 Å². The fourth-order valence-corrected chi connectivity index (χ4v) is 3.58. The van der Waals surface area contributed by atoms with Gasteiger partial charge in [0.05, 0.1) is 25.9 Å². The molecule has 0 saturated heterocycles. The topological polar surface area (TPSA) is 73.3 Å². The summed E-state index contributed by atoms with van der Waals surface area (Å²) >= 11 is 0. The molecule has 1 aliphatic rings. The van der Waals surface area contributed by atoms with Crippen molar-refractivity contribution in [3.05, 3.63) is 52.8 Å². The van der Waals surface area contributed by atoms with E-state index in [1.54, 1.807) is 7.05 Å². The first kappa shape index (κ1) is 27.0. The summed E-state index contributed by atoms with van der Waals surface area (Å²) in [6.45, 7) is 8.21. The van der Waals surface area contributed by atoms with Crippen LogP contribution in [0.4, 0.5) is 4.39 Å². The van der Waals surface area contributed by atoms with Gasteiger partial charge in [0.2, 0.25) is 0 Å². The van der Waals surface area contributed by atoms with Crippen LogP contribution in [0.25, 0.3) is 0 Å². The molecule has 0 spiro atoms. The fraction of sp³-hybridized carbons (Fsp3) is 0.458. The summed E-state index contributed by atoms with van der Waals surface area (Å²) in [5, 5.41) is 6.67. The number of rotatable bonds is 9. The third-order valence-electron chi connectivity index (χ3n) is 5.08. The number of benzene rings is 2. The van der Waals surface area contributed by atoms with E-state index >= 15 is 0 Å². The summed E-state index contributed by atoms with van der Waals surface area (Å²) < 4.78 is 36.2. The van der Waals surface area contributed by atoms with Crippen LogP contribution in [0.2, 0.25) is 0 Å². The van der Waals surface area contributed by atoms with Crippen LogP contribution in [0.15, 0.2) is 35.3 Å². The van der Waals surface area contributed by atoms with E-state index in [4.69, 9.17) is 18.9 Å². The largest absolute Gasteiger partial charge is 0.490 e. The molecular formula is C24H33FIN3O4. The quantitative estimate of drug-likeness (QED) is 0.260. The molecule has 2 aromatic carbocycles. The number of ether oxygens (including phenoxy) is 4. The first-order chi connectivity index (χ1) is 15.5. The second kappa shape index (κ2) is 13.4. The Hall–Kier alpha value is -2.27. The number of guanidine groups is 1. The van der Waals surface area contributed by atoms with Crippen LogP contribution in [-0.2, 0) is 17.8 Å². The highest BCUT2D eigenvalue weighted by molar-refractivity contribution is 14.0. The molecule has 0 amide bonds. The minimum atomic E-state index is -0.287. The number of halogens is 2.